The molecule has 5 heteroatoms. The molecule has 2 N–H and O–H groups in total. The monoisotopic (exact) mass is 192 g/mol. The first-order valence-corrected chi connectivity index (χ1v) is 4.43. The summed E-state index contributed by atoms with van der Waals surface area (Å²) in [4.78, 5) is 4.50. The van der Waals surface area contributed by atoms with Crippen LogP contribution in [0.2, 0.25) is 0 Å². The zero-order valence-corrected chi connectivity index (χ0v) is 7.44. The molecule has 0 saturated heterocycles. The fourth-order valence-corrected chi connectivity index (χ4v) is 1.91. The molecule has 0 aromatic carbocycles. The van der Waals surface area contributed by atoms with Crippen LogP contribution in [0.25, 0.3) is 0 Å². The molecule has 0 saturated carbocycles. The van der Waals surface area contributed by atoms with Gasteiger partial charge in [0.25, 0.3) is 0 Å². The van der Waals surface area contributed by atoms with Crippen molar-refractivity contribution in [2.24, 2.45) is 5.73 Å². The Kier molecular flexibility index (Phi) is 3.11. The highest BCUT2D eigenvalue weighted by molar-refractivity contribution is 7.09. The van der Waals surface area contributed by atoms with Gasteiger partial charge in [-0.25, -0.2) is 13.8 Å². The average Bonchev–Trinajstić information content (AvgIpc) is 2.38. The van der Waals surface area contributed by atoms with Gasteiger partial charge in [0.1, 0.15) is 0 Å². The topological polar surface area (TPSA) is 38.9 Å². The van der Waals surface area contributed by atoms with Gasteiger partial charge in [-0.3, -0.25) is 0 Å². The summed E-state index contributed by atoms with van der Waals surface area (Å²) < 4.78 is 24.7. The van der Waals surface area contributed by atoms with E-state index in [9.17, 15) is 8.78 Å². The van der Waals surface area contributed by atoms with Crippen LogP contribution in [0.3, 0.4) is 0 Å². The van der Waals surface area contributed by atoms with E-state index in [0.29, 0.717) is 10.6 Å². The Morgan fingerprint density at radius 2 is 2.33 bits per heavy atom. The average molecular weight is 192 g/mol. The van der Waals surface area contributed by atoms with Gasteiger partial charge in [-0.05, 0) is 6.92 Å². The molecule has 1 unspecified atom stereocenters. The van der Waals surface area contributed by atoms with Gasteiger partial charge in [-0.15, -0.1) is 11.3 Å². The van der Waals surface area contributed by atoms with Crippen LogP contribution in [0.1, 0.15) is 16.5 Å². The van der Waals surface area contributed by atoms with E-state index in [1.807, 2.05) is 0 Å². The molecule has 0 spiro atoms. The molecule has 68 valence electrons. The molecule has 1 aromatic heterocycles. The summed E-state index contributed by atoms with van der Waals surface area (Å²) in [6.07, 6.45) is -2.39. The van der Waals surface area contributed by atoms with Crippen LogP contribution in [0.15, 0.2) is 5.51 Å². The van der Waals surface area contributed by atoms with Crippen molar-refractivity contribution in [3.63, 3.8) is 0 Å². The first-order valence-electron chi connectivity index (χ1n) is 3.55. The van der Waals surface area contributed by atoms with Crippen molar-refractivity contribution in [2.75, 3.05) is 6.54 Å². The maximum absolute atomic E-state index is 12.3. The number of alkyl halides is 2. The lowest BCUT2D eigenvalue weighted by Gasteiger charge is -2.11. The maximum atomic E-state index is 12.3. The Morgan fingerprint density at radius 1 is 1.67 bits per heavy atom. The number of aryl methyl sites for hydroxylation is 1. The van der Waals surface area contributed by atoms with Gasteiger partial charge in [-0.1, -0.05) is 0 Å². The minimum Gasteiger partial charge on any atom is -0.330 e. The van der Waals surface area contributed by atoms with Crippen LogP contribution in [0, 0.1) is 6.92 Å². The van der Waals surface area contributed by atoms with Crippen LogP contribution in [0.4, 0.5) is 8.78 Å². The molecular formula is C7H10F2N2S. The zero-order chi connectivity index (χ0) is 9.14. The maximum Gasteiger partial charge on any atom is 0.247 e. The molecule has 1 heterocycles. The highest BCUT2D eigenvalue weighted by Crippen LogP contribution is 2.27. The Labute approximate surface area is 73.4 Å². The highest BCUT2D eigenvalue weighted by Gasteiger charge is 2.23. The lowest BCUT2D eigenvalue weighted by Crippen LogP contribution is -2.19. The van der Waals surface area contributed by atoms with Crippen molar-refractivity contribution < 1.29 is 8.78 Å². The van der Waals surface area contributed by atoms with Gasteiger partial charge >= 0.3 is 0 Å². The lowest BCUT2D eigenvalue weighted by molar-refractivity contribution is 0.118. The molecule has 12 heavy (non-hydrogen) atoms. The molecule has 2 nitrogen and oxygen atoms in total. The van der Waals surface area contributed by atoms with Gasteiger partial charge in [-0.2, -0.15) is 0 Å². The quantitative estimate of drug-likeness (QED) is 0.792. The van der Waals surface area contributed by atoms with Gasteiger partial charge in [0.2, 0.25) is 6.43 Å². The first kappa shape index (κ1) is 9.54. The molecule has 1 atom stereocenters. The van der Waals surface area contributed by atoms with Gasteiger partial charge in [0.15, 0.2) is 0 Å². The summed E-state index contributed by atoms with van der Waals surface area (Å²) in [6, 6.07) is 0. The standard InChI is InChI=1S/C7H10F2N2S/c1-4-6(12-3-11-4)5(2-10)7(8)9/h3,5,7H,2,10H2,1H3. The Hall–Kier alpha value is -0.550. The Balaban J connectivity index is 2.87. The lowest BCUT2D eigenvalue weighted by atomic mass is 10.1. The van der Waals surface area contributed by atoms with E-state index in [1.54, 1.807) is 12.4 Å². The van der Waals surface area contributed by atoms with Crippen molar-refractivity contribution >= 4 is 11.3 Å². The van der Waals surface area contributed by atoms with E-state index in [0.717, 1.165) is 0 Å². The number of rotatable bonds is 3. The molecule has 0 aliphatic carbocycles. The van der Waals surface area contributed by atoms with E-state index in [1.165, 1.54) is 11.3 Å². The van der Waals surface area contributed by atoms with E-state index in [4.69, 9.17) is 5.73 Å². The largest absolute Gasteiger partial charge is 0.330 e. The van der Waals surface area contributed by atoms with Crippen molar-refractivity contribution in [1.82, 2.24) is 4.98 Å². The second-order valence-electron chi connectivity index (χ2n) is 2.48. The number of hydrogen-bond acceptors (Lipinski definition) is 3. The number of nitrogens with zero attached hydrogens (tertiary/aromatic N) is 1. The Morgan fingerprint density at radius 3 is 2.67 bits per heavy atom. The third kappa shape index (κ3) is 1.78. The summed E-state index contributed by atoms with van der Waals surface area (Å²) in [5.41, 5.74) is 7.46. The summed E-state index contributed by atoms with van der Waals surface area (Å²) in [7, 11) is 0. The Bertz CT molecular complexity index is 249. The molecule has 0 aliphatic rings. The number of thiazole rings is 1. The predicted molar refractivity (Wildman–Crippen MR) is 44.7 cm³/mol. The van der Waals surface area contributed by atoms with Crippen molar-refractivity contribution in [1.29, 1.82) is 0 Å². The molecule has 0 aliphatic heterocycles. The second-order valence-corrected chi connectivity index (χ2v) is 3.37. The minimum atomic E-state index is -2.39. The molecule has 1 aromatic rings. The number of nitrogens with two attached hydrogens (primary N) is 1. The molecule has 0 radical (unpaired) electrons. The summed E-state index contributed by atoms with van der Waals surface area (Å²) in [6.45, 7) is 1.69. The van der Waals surface area contributed by atoms with Crippen molar-refractivity contribution in [3.8, 4) is 0 Å². The molecule has 0 amide bonds. The third-order valence-electron chi connectivity index (χ3n) is 1.68. The predicted octanol–water partition coefficient (Wildman–Crippen LogP) is 1.76. The van der Waals surface area contributed by atoms with E-state index in [2.05, 4.69) is 4.98 Å². The second kappa shape index (κ2) is 3.91. The highest BCUT2D eigenvalue weighted by atomic mass is 32.1. The van der Waals surface area contributed by atoms with Crippen LogP contribution >= 0.6 is 11.3 Å². The summed E-state index contributed by atoms with van der Waals surface area (Å²) >= 11 is 1.24. The molecule has 0 bridgehead atoms. The minimum absolute atomic E-state index is 0.0271. The zero-order valence-electron chi connectivity index (χ0n) is 6.63. The first-order chi connectivity index (χ1) is 5.66. The van der Waals surface area contributed by atoms with Gasteiger partial charge in [0, 0.05) is 11.4 Å². The van der Waals surface area contributed by atoms with Gasteiger partial charge < -0.3 is 5.73 Å². The van der Waals surface area contributed by atoms with Crippen molar-refractivity contribution in [2.45, 2.75) is 19.3 Å². The molecule has 1 rings (SSSR count). The number of hydrogen-bond donors (Lipinski definition) is 1. The van der Waals surface area contributed by atoms with Crippen LogP contribution in [-0.4, -0.2) is 18.0 Å². The normalized spacial score (nSPS) is 13.8. The van der Waals surface area contributed by atoms with Crippen LogP contribution < -0.4 is 5.73 Å². The van der Waals surface area contributed by atoms with Gasteiger partial charge in [0.05, 0.1) is 17.1 Å². The third-order valence-corrected chi connectivity index (χ3v) is 2.74. The number of aromatic nitrogens is 1. The summed E-state index contributed by atoms with van der Waals surface area (Å²) in [5, 5.41) is 0. The summed E-state index contributed by atoms with van der Waals surface area (Å²) in [5.74, 6) is -0.850. The fraction of sp³-hybridized carbons (Fsp3) is 0.571. The molecular weight excluding hydrogens is 182 g/mol. The smallest absolute Gasteiger partial charge is 0.247 e. The molecule has 0 fully saturated rings. The van der Waals surface area contributed by atoms with E-state index in [-0.39, 0.29) is 6.54 Å². The van der Waals surface area contributed by atoms with E-state index >= 15 is 0 Å². The van der Waals surface area contributed by atoms with Crippen LogP contribution in [-0.2, 0) is 0 Å². The van der Waals surface area contributed by atoms with Crippen molar-refractivity contribution in [3.05, 3.63) is 16.1 Å². The van der Waals surface area contributed by atoms with Crippen LogP contribution in [0.5, 0.6) is 0 Å². The van der Waals surface area contributed by atoms with E-state index < -0.39 is 12.3 Å². The fourth-order valence-electron chi connectivity index (χ4n) is 0.991. The SMILES string of the molecule is Cc1ncsc1C(CN)C(F)F. The number of halogens is 2.